The van der Waals surface area contributed by atoms with E-state index in [1.54, 1.807) is 31.4 Å². The van der Waals surface area contributed by atoms with Crippen LogP contribution in [0.5, 0.6) is 11.5 Å². The smallest absolute Gasteiger partial charge is 0.271 e. The summed E-state index contributed by atoms with van der Waals surface area (Å²) in [5.74, 6) is 0.509. The second-order valence-corrected chi connectivity index (χ2v) is 3.83. The van der Waals surface area contributed by atoms with Crippen molar-refractivity contribution in [2.45, 2.75) is 0 Å². The Balaban J connectivity index is 2.25. The lowest BCUT2D eigenvalue weighted by Crippen LogP contribution is -1.86. The fraction of sp³-hybridized carbons (Fsp3) is 0.0769. The van der Waals surface area contributed by atoms with E-state index in [1.807, 2.05) is 0 Å². The van der Waals surface area contributed by atoms with Gasteiger partial charge in [-0.2, -0.15) is 5.11 Å². The van der Waals surface area contributed by atoms with Crippen LogP contribution in [-0.4, -0.2) is 17.1 Å². The fourth-order valence-electron chi connectivity index (χ4n) is 1.47. The molecule has 1 N–H and O–H groups in total. The molecule has 2 aromatic rings. The molecule has 0 atom stereocenters. The van der Waals surface area contributed by atoms with Gasteiger partial charge < -0.3 is 9.84 Å². The van der Waals surface area contributed by atoms with Crippen LogP contribution >= 0.6 is 0 Å². The van der Waals surface area contributed by atoms with Gasteiger partial charge in [0.15, 0.2) is 0 Å². The van der Waals surface area contributed by atoms with Crippen molar-refractivity contribution in [2.24, 2.45) is 10.2 Å². The minimum atomic E-state index is -0.564. The summed E-state index contributed by atoms with van der Waals surface area (Å²) in [4.78, 5) is 10.1. The van der Waals surface area contributed by atoms with E-state index in [0.717, 1.165) is 6.07 Å². The molecule has 0 aliphatic heterocycles. The number of aromatic hydroxyl groups is 1. The van der Waals surface area contributed by atoms with Gasteiger partial charge in [0.05, 0.1) is 17.7 Å². The number of rotatable bonds is 4. The molecule has 0 amide bonds. The minimum absolute atomic E-state index is 0.0371. The average molecular weight is 273 g/mol. The van der Waals surface area contributed by atoms with Gasteiger partial charge in [-0.05, 0) is 30.3 Å². The van der Waals surface area contributed by atoms with Crippen molar-refractivity contribution in [3.05, 3.63) is 52.6 Å². The molecular formula is C13H11N3O4. The van der Waals surface area contributed by atoms with Gasteiger partial charge >= 0.3 is 0 Å². The van der Waals surface area contributed by atoms with Crippen LogP contribution in [0.1, 0.15) is 0 Å². The maximum atomic E-state index is 10.6. The number of methoxy groups -OCH3 is 1. The molecule has 7 nitrogen and oxygen atoms in total. The second-order valence-electron chi connectivity index (χ2n) is 3.83. The van der Waals surface area contributed by atoms with Crippen LogP contribution < -0.4 is 4.74 Å². The summed E-state index contributed by atoms with van der Waals surface area (Å²) < 4.78 is 5.01. The lowest BCUT2D eigenvalue weighted by Gasteiger charge is -1.99. The number of phenolic OH excluding ortho intramolecular Hbond substituents is 1. The summed E-state index contributed by atoms with van der Waals surface area (Å²) in [6, 6.07) is 10.3. The Morgan fingerprint density at radius 1 is 1.15 bits per heavy atom. The van der Waals surface area contributed by atoms with Crippen LogP contribution in [0.25, 0.3) is 0 Å². The van der Waals surface area contributed by atoms with E-state index in [9.17, 15) is 15.2 Å². The van der Waals surface area contributed by atoms with Crippen LogP contribution in [0.4, 0.5) is 17.1 Å². The summed E-state index contributed by atoms with van der Waals surface area (Å²) in [5.41, 5.74) is 0.415. The zero-order valence-electron chi connectivity index (χ0n) is 10.6. The van der Waals surface area contributed by atoms with Crippen LogP contribution in [0, 0.1) is 10.1 Å². The highest BCUT2D eigenvalue weighted by molar-refractivity contribution is 5.57. The van der Waals surface area contributed by atoms with E-state index in [1.165, 1.54) is 12.1 Å². The van der Waals surface area contributed by atoms with E-state index in [0.29, 0.717) is 11.4 Å². The highest BCUT2D eigenvalue weighted by Crippen LogP contribution is 2.31. The third kappa shape index (κ3) is 3.08. The predicted molar refractivity (Wildman–Crippen MR) is 71.9 cm³/mol. The van der Waals surface area contributed by atoms with E-state index < -0.39 is 4.92 Å². The predicted octanol–water partition coefficient (Wildman–Crippen LogP) is 3.72. The van der Waals surface area contributed by atoms with Crippen LogP contribution in [0.15, 0.2) is 52.7 Å². The molecule has 0 saturated carbocycles. The first-order chi connectivity index (χ1) is 9.60. The van der Waals surface area contributed by atoms with Crippen LogP contribution in [0.2, 0.25) is 0 Å². The van der Waals surface area contributed by atoms with E-state index in [4.69, 9.17) is 4.74 Å². The SMILES string of the molecule is COc1ccc(N=Nc2cc([N+](=O)[O-])ccc2O)cc1. The van der Waals surface area contributed by atoms with Crippen LogP contribution in [-0.2, 0) is 0 Å². The topological polar surface area (TPSA) is 97.3 Å². The maximum Gasteiger partial charge on any atom is 0.271 e. The first-order valence-corrected chi connectivity index (χ1v) is 5.63. The second kappa shape index (κ2) is 5.79. The highest BCUT2D eigenvalue weighted by Gasteiger charge is 2.09. The molecule has 2 aromatic carbocycles. The summed E-state index contributed by atoms with van der Waals surface area (Å²) >= 11 is 0. The zero-order chi connectivity index (χ0) is 14.5. The Kier molecular flexibility index (Phi) is 3.90. The Morgan fingerprint density at radius 3 is 2.45 bits per heavy atom. The first kappa shape index (κ1) is 13.5. The standard InChI is InChI=1S/C13H11N3O4/c1-20-11-5-2-9(3-6-11)14-15-12-8-10(16(18)19)4-7-13(12)17/h2-8,17H,1H3. The number of hydrogen-bond acceptors (Lipinski definition) is 6. The Labute approximate surface area is 114 Å². The maximum absolute atomic E-state index is 10.6. The summed E-state index contributed by atoms with van der Waals surface area (Å²) in [6.07, 6.45) is 0. The molecule has 0 spiro atoms. The number of nitro groups is 1. The van der Waals surface area contributed by atoms with Crippen molar-refractivity contribution in [3.8, 4) is 11.5 Å². The summed E-state index contributed by atoms with van der Waals surface area (Å²) in [5, 5.41) is 27.9. The van der Waals surface area contributed by atoms with E-state index in [2.05, 4.69) is 10.2 Å². The van der Waals surface area contributed by atoms with Crippen molar-refractivity contribution < 1.29 is 14.8 Å². The van der Waals surface area contributed by atoms with E-state index >= 15 is 0 Å². The normalized spacial score (nSPS) is 10.7. The number of benzene rings is 2. The third-order valence-corrected chi connectivity index (χ3v) is 2.52. The quantitative estimate of drug-likeness (QED) is 0.521. The lowest BCUT2D eigenvalue weighted by atomic mass is 10.2. The molecule has 0 aromatic heterocycles. The van der Waals surface area contributed by atoms with Gasteiger partial charge in [0.1, 0.15) is 17.2 Å². The summed E-state index contributed by atoms with van der Waals surface area (Å²) in [6.45, 7) is 0. The van der Waals surface area contributed by atoms with Gasteiger partial charge in [-0.25, -0.2) is 0 Å². The third-order valence-electron chi connectivity index (χ3n) is 2.52. The Hall–Kier alpha value is -2.96. The molecule has 0 aliphatic carbocycles. The van der Waals surface area contributed by atoms with Crippen molar-refractivity contribution >= 4 is 17.1 Å². The average Bonchev–Trinajstić information content (AvgIpc) is 2.46. The molecule has 0 fully saturated rings. The molecule has 20 heavy (non-hydrogen) atoms. The van der Waals surface area contributed by atoms with Gasteiger partial charge in [-0.3, -0.25) is 10.1 Å². The van der Waals surface area contributed by atoms with Gasteiger partial charge in [0, 0.05) is 12.1 Å². The largest absolute Gasteiger partial charge is 0.506 e. The molecule has 0 bridgehead atoms. The molecule has 0 aliphatic rings. The molecule has 7 heteroatoms. The number of non-ortho nitro benzene ring substituents is 1. The van der Waals surface area contributed by atoms with E-state index in [-0.39, 0.29) is 17.1 Å². The Bertz CT molecular complexity index is 653. The minimum Gasteiger partial charge on any atom is -0.506 e. The molecule has 0 saturated heterocycles. The van der Waals surface area contributed by atoms with Crippen molar-refractivity contribution in [1.29, 1.82) is 0 Å². The monoisotopic (exact) mass is 273 g/mol. The number of azo groups is 1. The molecule has 0 unspecified atom stereocenters. The summed E-state index contributed by atoms with van der Waals surface area (Å²) in [7, 11) is 1.55. The van der Waals surface area contributed by atoms with Crippen molar-refractivity contribution in [1.82, 2.24) is 0 Å². The zero-order valence-corrected chi connectivity index (χ0v) is 10.6. The number of nitrogens with zero attached hydrogens (tertiary/aromatic N) is 3. The number of hydrogen-bond donors (Lipinski definition) is 1. The molecule has 2 rings (SSSR count). The van der Waals surface area contributed by atoms with Gasteiger partial charge in [-0.15, -0.1) is 5.11 Å². The molecule has 0 heterocycles. The fourth-order valence-corrected chi connectivity index (χ4v) is 1.47. The number of ether oxygens (including phenoxy) is 1. The van der Waals surface area contributed by atoms with Crippen molar-refractivity contribution in [3.63, 3.8) is 0 Å². The number of nitro benzene ring substituents is 1. The molecule has 0 radical (unpaired) electrons. The highest BCUT2D eigenvalue weighted by atomic mass is 16.6. The van der Waals surface area contributed by atoms with Gasteiger partial charge in [0.25, 0.3) is 5.69 Å². The number of phenols is 1. The van der Waals surface area contributed by atoms with Gasteiger partial charge in [-0.1, -0.05) is 0 Å². The Morgan fingerprint density at radius 2 is 1.85 bits per heavy atom. The lowest BCUT2D eigenvalue weighted by molar-refractivity contribution is -0.384. The van der Waals surface area contributed by atoms with Gasteiger partial charge in [0.2, 0.25) is 0 Å². The molecule has 102 valence electrons. The van der Waals surface area contributed by atoms with Crippen molar-refractivity contribution in [2.75, 3.05) is 7.11 Å². The van der Waals surface area contributed by atoms with Crippen LogP contribution in [0.3, 0.4) is 0 Å². The molecular weight excluding hydrogens is 262 g/mol. The first-order valence-electron chi connectivity index (χ1n) is 5.63.